The number of carbonyl (C=O) groups is 2. The van der Waals surface area contributed by atoms with Crippen LogP contribution in [0, 0.1) is 0 Å². The van der Waals surface area contributed by atoms with Gasteiger partial charge in [-0.15, -0.1) is 0 Å². The first-order valence-electron chi connectivity index (χ1n) is 6.19. The fourth-order valence-electron chi connectivity index (χ4n) is 2.21. The summed E-state index contributed by atoms with van der Waals surface area (Å²) in [4.78, 5) is 24.8. The highest BCUT2D eigenvalue weighted by atomic mass is 16.2. The predicted molar refractivity (Wildman–Crippen MR) is 63.2 cm³/mol. The van der Waals surface area contributed by atoms with Crippen molar-refractivity contribution in [2.24, 2.45) is 5.73 Å². The Bertz CT molecular complexity index is 304. The van der Waals surface area contributed by atoms with Crippen LogP contribution in [0.2, 0.25) is 0 Å². The molecule has 1 unspecified atom stereocenters. The van der Waals surface area contributed by atoms with Crippen LogP contribution in [0.1, 0.15) is 19.3 Å². The van der Waals surface area contributed by atoms with E-state index in [9.17, 15) is 9.59 Å². The lowest BCUT2D eigenvalue weighted by Crippen LogP contribution is -2.44. The van der Waals surface area contributed by atoms with Crippen molar-refractivity contribution in [2.45, 2.75) is 31.3 Å². The summed E-state index contributed by atoms with van der Waals surface area (Å²) in [6.07, 6.45) is 3.60. The van der Waals surface area contributed by atoms with Crippen molar-refractivity contribution in [2.75, 3.05) is 26.2 Å². The minimum atomic E-state index is -0.300. The van der Waals surface area contributed by atoms with Gasteiger partial charge in [0, 0.05) is 25.2 Å². The van der Waals surface area contributed by atoms with Crippen molar-refractivity contribution in [1.82, 2.24) is 15.5 Å². The summed E-state index contributed by atoms with van der Waals surface area (Å²) >= 11 is 0. The number of hydrogen-bond acceptors (Lipinski definition) is 4. The normalized spacial score (nSPS) is 24.6. The highest BCUT2D eigenvalue weighted by Crippen LogP contribution is 2.29. The molecule has 2 fully saturated rings. The lowest BCUT2D eigenvalue weighted by Gasteiger charge is -2.15. The molecule has 0 aromatic carbocycles. The third-order valence-corrected chi connectivity index (χ3v) is 3.28. The van der Waals surface area contributed by atoms with E-state index in [0.29, 0.717) is 0 Å². The zero-order chi connectivity index (χ0) is 12.3. The van der Waals surface area contributed by atoms with Gasteiger partial charge in [0.2, 0.25) is 11.8 Å². The Morgan fingerprint density at radius 3 is 2.65 bits per heavy atom. The first kappa shape index (κ1) is 12.3. The molecule has 0 bridgehead atoms. The number of likely N-dealkylation sites (tertiary alicyclic amines) is 1. The molecule has 2 aliphatic rings. The van der Waals surface area contributed by atoms with Gasteiger partial charge in [0.25, 0.3) is 0 Å². The molecule has 17 heavy (non-hydrogen) atoms. The first-order valence-corrected chi connectivity index (χ1v) is 6.19. The molecule has 1 saturated heterocycles. The number of nitrogens with zero attached hydrogens (tertiary/aromatic N) is 1. The van der Waals surface area contributed by atoms with Gasteiger partial charge in [0.15, 0.2) is 0 Å². The van der Waals surface area contributed by atoms with Crippen LogP contribution in [0.15, 0.2) is 0 Å². The average Bonchev–Trinajstić information content (AvgIpc) is 3.08. The van der Waals surface area contributed by atoms with Crippen LogP contribution >= 0.6 is 0 Å². The molecular weight excluding hydrogens is 220 g/mol. The highest BCUT2D eigenvalue weighted by molar-refractivity contribution is 5.85. The maximum Gasteiger partial charge on any atom is 0.239 e. The van der Waals surface area contributed by atoms with E-state index >= 15 is 0 Å². The lowest BCUT2D eigenvalue weighted by molar-refractivity contribution is -0.125. The predicted octanol–water partition coefficient (Wildman–Crippen LogP) is -1.59. The van der Waals surface area contributed by atoms with Crippen LogP contribution in [0.3, 0.4) is 0 Å². The Morgan fingerprint density at radius 2 is 2.00 bits per heavy atom. The molecule has 0 aromatic heterocycles. The molecule has 1 aliphatic heterocycles. The third kappa shape index (κ3) is 3.67. The number of carbonyl (C=O) groups excluding carboxylic acids is 2. The van der Waals surface area contributed by atoms with Gasteiger partial charge in [0.1, 0.15) is 0 Å². The molecular formula is C11H20N4O2. The second-order valence-corrected chi connectivity index (χ2v) is 4.76. The van der Waals surface area contributed by atoms with Crippen LogP contribution in [0.25, 0.3) is 0 Å². The molecule has 6 heteroatoms. The minimum absolute atomic E-state index is 0.0238. The quantitative estimate of drug-likeness (QED) is 0.541. The summed E-state index contributed by atoms with van der Waals surface area (Å²) in [6, 6.07) is 0.992. The molecule has 1 aliphatic carbocycles. The number of nitrogens with two attached hydrogens (primary N) is 1. The van der Waals surface area contributed by atoms with Crippen molar-refractivity contribution < 1.29 is 9.59 Å². The van der Waals surface area contributed by atoms with Crippen LogP contribution in [-0.2, 0) is 9.59 Å². The second kappa shape index (κ2) is 5.46. The van der Waals surface area contributed by atoms with E-state index in [1.54, 1.807) is 0 Å². The summed E-state index contributed by atoms with van der Waals surface area (Å²) in [5.74, 6) is -0.430. The monoisotopic (exact) mass is 240 g/mol. The summed E-state index contributed by atoms with van der Waals surface area (Å²) in [7, 11) is 0. The maximum absolute atomic E-state index is 11.5. The van der Waals surface area contributed by atoms with E-state index in [1.165, 1.54) is 12.8 Å². The number of rotatable bonds is 5. The molecule has 0 aromatic rings. The molecule has 0 spiro atoms. The van der Waals surface area contributed by atoms with E-state index in [-0.39, 0.29) is 30.9 Å². The second-order valence-electron chi connectivity index (χ2n) is 4.76. The van der Waals surface area contributed by atoms with Crippen LogP contribution in [0.5, 0.6) is 0 Å². The van der Waals surface area contributed by atoms with Crippen LogP contribution in [0.4, 0.5) is 0 Å². The van der Waals surface area contributed by atoms with Gasteiger partial charge in [-0.05, 0) is 19.3 Å². The summed E-state index contributed by atoms with van der Waals surface area (Å²) < 4.78 is 0. The van der Waals surface area contributed by atoms with E-state index in [1.807, 2.05) is 0 Å². The lowest BCUT2D eigenvalue weighted by atomic mass is 10.2. The smallest absolute Gasteiger partial charge is 0.239 e. The van der Waals surface area contributed by atoms with Crippen molar-refractivity contribution in [3.05, 3.63) is 0 Å². The highest BCUT2D eigenvalue weighted by Gasteiger charge is 2.34. The van der Waals surface area contributed by atoms with Gasteiger partial charge in [-0.2, -0.15) is 0 Å². The maximum atomic E-state index is 11.5. The van der Waals surface area contributed by atoms with E-state index in [0.717, 1.165) is 25.6 Å². The molecule has 4 N–H and O–H groups in total. The van der Waals surface area contributed by atoms with Crippen molar-refractivity contribution in [3.63, 3.8) is 0 Å². The molecule has 2 rings (SSSR count). The van der Waals surface area contributed by atoms with Gasteiger partial charge >= 0.3 is 0 Å². The zero-order valence-electron chi connectivity index (χ0n) is 9.95. The van der Waals surface area contributed by atoms with E-state index in [2.05, 4.69) is 15.5 Å². The molecule has 2 amide bonds. The minimum Gasteiger partial charge on any atom is -0.350 e. The summed E-state index contributed by atoms with van der Waals surface area (Å²) in [5.41, 5.74) is 5.13. The SMILES string of the molecule is NCC(=O)NCC(=O)NC1CCN(C2CC2)C1. The van der Waals surface area contributed by atoms with Gasteiger partial charge in [0.05, 0.1) is 13.1 Å². The Kier molecular flexibility index (Phi) is 3.96. The largest absolute Gasteiger partial charge is 0.350 e. The average molecular weight is 240 g/mol. The summed E-state index contributed by atoms with van der Waals surface area (Å²) in [6.45, 7) is 1.97. The fourth-order valence-corrected chi connectivity index (χ4v) is 2.21. The number of hydrogen-bond donors (Lipinski definition) is 3. The molecule has 96 valence electrons. The Labute approximate surface area is 101 Å². The van der Waals surface area contributed by atoms with Crippen molar-refractivity contribution in [1.29, 1.82) is 0 Å². The standard InChI is InChI=1S/C11H20N4O2/c12-5-10(16)13-6-11(17)14-8-3-4-15(7-8)9-1-2-9/h8-9H,1-7,12H2,(H,13,16)(H,14,17). The number of nitrogens with one attached hydrogen (secondary N) is 2. The topological polar surface area (TPSA) is 87.5 Å². The van der Waals surface area contributed by atoms with Crippen molar-refractivity contribution in [3.8, 4) is 0 Å². The van der Waals surface area contributed by atoms with Crippen LogP contribution in [-0.4, -0.2) is 55.0 Å². The molecule has 6 nitrogen and oxygen atoms in total. The molecule has 1 heterocycles. The van der Waals surface area contributed by atoms with Gasteiger partial charge in [-0.25, -0.2) is 0 Å². The van der Waals surface area contributed by atoms with Crippen molar-refractivity contribution >= 4 is 11.8 Å². The van der Waals surface area contributed by atoms with E-state index in [4.69, 9.17) is 5.73 Å². The first-order chi connectivity index (χ1) is 8.19. The Morgan fingerprint density at radius 1 is 1.24 bits per heavy atom. The van der Waals surface area contributed by atoms with Gasteiger partial charge in [-0.3, -0.25) is 14.5 Å². The third-order valence-electron chi connectivity index (χ3n) is 3.28. The Hall–Kier alpha value is -1.14. The summed E-state index contributed by atoms with van der Waals surface area (Å²) in [5, 5.41) is 5.40. The van der Waals surface area contributed by atoms with Crippen LogP contribution < -0.4 is 16.4 Å². The van der Waals surface area contributed by atoms with E-state index < -0.39 is 0 Å². The Balaban J connectivity index is 1.63. The zero-order valence-corrected chi connectivity index (χ0v) is 9.95. The van der Waals surface area contributed by atoms with Gasteiger partial charge < -0.3 is 16.4 Å². The fraction of sp³-hybridized carbons (Fsp3) is 0.818. The number of amides is 2. The molecule has 0 radical (unpaired) electrons. The molecule has 1 atom stereocenters. The molecule has 1 saturated carbocycles. The van der Waals surface area contributed by atoms with Gasteiger partial charge in [-0.1, -0.05) is 0 Å².